The monoisotopic (exact) mass is 486 g/mol. The van der Waals surface area contributed by atoms with Crippen molar-refractivity contribution in [1.82, 2.24) is 4.98 Å². The first-order valence-corrected chi connectivity index (χ1v) is 13.0. The summed E-state index contributed by atoms with van der Waals surface area (Å²) in [6.07, 6.45) is 0.347. The van der Waals surface area contributed by atoms with Crippen LogP contribution >= 0.6 is 11.3 Å². The molecule has 172 valence electrons. The number of esters is 1. The molecule has 1 fully saturated rings. The lowest BCUT2D eigenvalue weighted by atomic mass is 10.2. The summed E-state index contributed by atoms with van der Waals surface area (Å²) in [5.41, 5.74) is 3.39. The number of rotatable bonds is 8. The topological polar surface area (TPSA) is 103 Å². The minimum atomic E-state index is -3.20. The van der Waals surface area contributed by atoms with Gasteiger partial charge >= 0.3 is 5.97 Å². The number of sulfone groups is 1. The minimum absolute atomic E-state index is 0.0327. The standard InChI is InChI=1S/C23H22N2O6S2/c26-22(25(19-4-2-1-3-5-19)20-10-11-33(28,29)15-20)13-31-23(27)17-6-8-21(9-7-17)30-12-18-14-32-16-24-18/h1-9,14,16,20H,10-13,15H2/t20-/m0/s1. The Bertz CT molecular complexity index is 1200. The molecule has 2 aromatic carbocycles. The molecule has 1 atom stereocenters. The molecule has 4 rings (SSSR count). The van der Waals surface area contributed by atoms with Crippen molar-refractivity contribution in [2.45, 2.75) is 19.1 Å². The van der Waals surface area contributed by atoms with Crippen LogP contribution in [0, 0.1) is 0 Å². The van der Waals surface area contributed by atoms with E-state index in [9.17, 15) is 18.0 Å². The average molecular weight is 487 g/mol. The Morgan fingerprint density at radius 1 is 1.09 bits per heavy atom. The fourth-order valence-electron chi connectivity index (χ4n) is 3.56. The summed E-state index contributed by atoms with van der Waals surface area (Å²) >= 11 is 1.48. The van der Waals surface area contributed by atoms with Gasteiger partial charge < -0.3 is 14.4 Å². The molecule has 1 amide bonds. The molecule has 0 N–H and O–H groups in total. The molecule has 1 saturated heterocycles. The number of nitrogens with zero attached hydrogens (tertiary/aromatic N) is 2. The summed E-state index contributed by atoms with van der Waals surface area (Å²) in [7, 11) is -3.20. The molecule has 0 bridgehead atoms. The molecule has 0 saturated carbocycles. The number of hydrogen-bond donors (Lipinski definition) is 0. The Morgan fingerprint density at radius 3 is 2.48 bits per heavy atom. The highest BCUT2D eigenvalue weighted by molar-refractivity contribution is 7.91. The summed E-state index contributed by atoms with van der Waals surface area (Å²) in [5.74, 6) is -0.621. The van der Waals surface area contributed by atoms with Gasteiger partial charge in [0, 0.05) is 11.1 Å². The van der Waals surface area contributed by atoms with Crippen molar-refractivity contribution in [3.8, 4) is 5.75 Å². The number of benzene rings is 2. The first-order valence-electron chi connectivity index (χ1n) is 10.3. The van der Waals surface area contributed by atoms with Gasteiger partial charge in [0.05, 0.1) is 34.3 Å². The number of carbonyl (C=O) groups is 2. The zero-order valence-electron chi connectivity index (χ0n) is 17.6. The van der Waals surface area contributed by atoms with Gasteiger partial charge in [-0.15, -0.1) is 11.3 Å². The van der Waals surface area contributed by atoms with Gasteiger partial charge in [-0.25, -0.2) is 18.2 Å². The van der Waals surface area contributed by atoms with E-state index < -0.39 is 34.4 Å². The van der Waals surface area contributed by atoms with Gasteiger partial charge in [0.15, 0.2) is 16.4 Å². The number of amides is 1. The molecule has 1 aromatic heterocycles. The Balaban J connectivity index is 1.37. The lowest BCUT2D eigenvalue weighted by Gasteiger charge is -2.28. The molecule has 0 unspecified atom stereocenters. The summed E-state index contributed by atoms with van der Waals surface area (Å²) in [6.45, 7) is -0.166. The molecule has 10 heteroatoms. The van der Waals surface area contributed by atoms with Crippen molar-refractivity contribution >= 4 is 38.7 Å². The van der Waals surface area contributed by atoms with Gasteiger partial charge in [0.25, 0.3) is 5.91 Å². The first kappa shape index (κ1) is 22.9. The van der Waals surface area contributed by atoms with E-state index >= 15 is 0 Å². The second kappa shape index (κ2) is 10.1. The van der Waals surface area contributed by atoms with E-state index in [4.69, 9.17) is 9.47 Å². The SMILES string of the molecule is O=C(OCC(=O)N(c1ccccc1)[C@H]1CCS(=O)(=O)C1)c1ccc(OCc2cscn2)cc1. The van der Waals surface area contributed by atoms with Crippen LogP contribution in [0.25, 0.3) is 0 Å². The lowest BCUT2D eigenvalue weighted by molar-refractivity contribution is -0.122. The number of para-hydroxylation sites is 1. The Morgan fingerprint density at radius 2 is 1.85 bits per heavy atom. The van der Waals surface area contributed by atoms with Crippen LogP contribution < -0.4 is 9.64 Å². The molecule has 0 spiro atoms. The van der Waals surface area contributed by atoms with Crippen LogP contribution in [0.2, 0.25) is 0 Å². The minimum Gasteiger partial charge on any atom is -0.487 e. The smallest absolute Gasteiger partial charge is 0.338 e. The van der Waals surface area contributed by atoms with Crippen LogP contribution in [-0.4, -0.2) is 49.4 Å². The van der Waals surface area contributed by atoms with Crippen molar-refractivity contribution in [1.29, 1.82) is 0 Å². The second-order valence-corrected chi connectivity index (χ2v) is 10.5. The third-order valence-electron chi connectivity index (χ3n) is 5.16. The highest BCUT2D eigenvalue weighted by atomic mass is 32.2. The van der Waals surface area contributed by atoms with Crippen molar-refractivity contribution in [3.63, 3.8) is 0 Å². The molecule has 8 nitrogen and oxygen atoms in total. The Hall–Kier alpha value is -3.24. The van der Waals surface area contributed by atoms with Crippen molar-refractivity contribution < 1.29 is 27.5 Å². The van der Waals surface area contributed by atoms with Gasteiger partial charge in [0.2, 0.25) is 0 Å². The van der Waals surface area contributed by atoms with E-state index in [-0.39, 0.29) is 17.1 Å². The zero-order chi connectivity index (χ0) is 23.3. The van der Waals surface area contributed by atoms with Crippen LogP contribution in [-0.2, 0) is 26.0 Å². The molecule has 1 aliphatic heterocycles. The van der Waals surface area contributed by atoms with Crippen molar-refractivity contribution in [2.75, 3.05) is 23.0 Å². The third kappa shape index (κ3) is 5.96. The summed E-state index contributed by atoms with van der Waals surface area (Å²) < 4.78 is 34.8. The Labute approximate surface area is 195 Å². The van der Waals surface area contributed by atoms with Crippen molar-refractivity contribution in [2.24, 2.45) is 0 Å². The van der Waals surface area contributed by atoms with E-state index in [0.717, 1.165) is 5.69 Å². The van der Waals surface area contributed by atoms with Crippen LogP contribution in [0.4, 0.5) is 5.69 Å². The predicted molar refractivity (Wildman–Crippen MR) is 124 cm³/mol. The summed E-state index contributed by atoms with van der Waals surface area (Å²) in [6, 6.07) is 14.7. The largest absolute Gasteiger partial charge is 0.487 e. The number of anilines is 1. The number of ether oxygens (including phenoxy) is 2. The van der Waals surface area contributed by atoms with Crippen LogP contribution in [0.5, 0.6) is 5.75 Å². The highest BCUT2D eigenvalue weighted by Crippen LogP contribution is 2.25. The fraction of sp³-hybridized carbons (Fsp3) is 0.261. The number of hydrogen-bond acceptors (Lipinski definition) is 8. The third-order valence-corrected chi connectivity index (χ3v) is 7.55. The predicted octanol–water partition coefficient (Wildman–Crippen LogP) is 3.10. The summed E-state index contributed by atoms with van der Waals surface area (Å²) in [5, 5.41) is 1.89. The van der Waals surface area contributed by atoms with E-state index in [0.29, 0.717) is 24.5 Å². The summed E-state index contributed by atoms with van der Waals surface area (Å²) in [4.78, 5) is 31.0. The van der Waals surface area contributed by atoms with Gasteiger partial charge in [-0.2, -0.15) is 0 Å². The quantitative estimate of drug-likeness (QED) is 0.451. The van der Waals surface area contributed by atoms with Gasteiger partial charge in [-0.3, -0.25) is 4.79 Å². The first-order chi connectivity index (χ1) is 15.9. The normalized spacial score (nSPS) is 16.8. The van der Waals surface area contributed by atoms with E-state index in [1.165, 1.54) is 16.2 Å². The Kier molecular flexibility index (Phi) is 7.05. The maximum Gasteiger partial charge on any atom is 0.338 e. The highest BCUT2D eigenvalue weighted by Gasteiger charge is 2.35. The van der Waals surface area contributed by atoms with E-state index in [2.05, 4.69) is 4.98 Å². The molecular formula is C23H22N2O6S2. The molecule has 2 heterocycles. The molecule has 1 aliphatic rings. The lowest BCUT2D eigenvalue weighted by Crippen LogP contribution is -2.43. The molecule has 33 heavy (non-hydrogen) atoms. The molecule has 0 radical (unpaired) electrons. The van der Waals surface area contributed by atoms with Crippen LogP contribution in [0.3, 0.4) is 0 Å². The zero-order valence-corrected chi connectivity index (χ0v) is 19.3. The number of aromatic nitrogens is 1. The molecule has 3 aromatic rings. The number of carbonyl (C=O) groups excluding carboxylic acids is 2. The van der Waals surface area contributed by atoms with E-state index in [1.807, 2.05) is 11.4 Å². The number of thiazole rings is 1. The average Bonchev–Trinajstić information content (AvgIpc) is 3.46. The maximum atomic E-state index is 13.0. The maximum absolute atomic E-state index is 13.0. The second-order valence-electron chi connectivity index (χ2n) is 7.53. The fourth-order valence-corrected chi connectivity index (χ4v) is 5.80. The molecular weight excluding hydrogens is 464 g/mol. The van der Waals surface area contributed by atoms with Crippen LogP contribution in [0.15, 0.2) is 65.5 Å². The van der Waals surface area contributed by atoms with Gasteiger partial charge in [0.1, 0.15) is 12.4 Å². The molecule has 0 aliphatic carbocycles. The van der Waals surface area contributed by atoms with Crippen molar-refractivity contribution in [3.05, 3.63) is 76.7 Å². The van der Waals surface area contributed by atoms with Gasteiger partial charge in [-0.05, 0) is 42.8 Å². The van der Waals surface area contributed by atoms with Crippen LogP contribution in [0.1, 0.15) is 22.5 Å². The van der Waals surface area contributed by atoms with Gasteiger partial charge in [-0.1, -0.05) is 18.2 Å². The van der Waals surface area contributed by atoms with E-state index in [1.54, 1.807) is 54.0 Å².